The molecule has 0 fully saturated rings. The van der Waals surface area contributed by atoms with Crippen LogP contribution in [0.3, 0.4) is 0 Å². The Morgan fingerprint density at radius 3 is 2.33 bits per heavy atom. The van der Waals surface area contributed by atoms with Crippen LogP contribution in [0.1, 0.15) is 10.4 Å². The lowest BCUT2D eigenvalue weighted by Crippen LogP contribution is -2.16. The van der Waals surface area contributed by atoms with Crippen molar-refractivity contribution in [1.82, 2.24) is 0 Å². The van der Waals surface area contributed by atoms with Gasteiger partial charge in [-0.1, -0.05) is 30.3 Å². The zero-order valence-corrected chi connectivity index (χ0v) is 10.4. The summed E-state index contributed by atoms with van der Waals surface area (Å²) in [6.45, 7) is 0. The summed E-state index contributed by atoms with van der Waals surface area (Å²) in [4.78, 5) is 12.5. The van der Waals surface area contributed by atoms with E-state index in [9.17, 15) is 14.5 Å². The highest BCUT2D eigenvalue weighted by atomic mass is 32.2. The van der Waals surface area contributed by atoms with Gasteiger partial charge in [0.1, 0.15) is 5.75 Å². The van der Waals surface area contributed by atoms with Gasteiger partial charge in [0.15, 0.2) is 10.6 Å². The molecule has 3 nitrogen and oxygen atoms in total. The molecule has 0 radical (unpaired) electrons. The van der Waals surface area contributed by atoms with E-state index < -0.39 is 11.2 Å². The quantitative estimate of drug-likeness (QED) is 0.678. The van der Waals surface area contributed by atoms with Crippen LogP contribution < -0.4 is 0 Å². The molecule has 1 unspecified atom stereocenters. The minimum absolute atomic E-state index is 0.0763. The van der Waals surface area contributed by atoms with Crippen LogP contribution in [-0.2, 0) is 11.2 Å². The highest BCUT2D eigenvalue weighted by molar-refractivity contribution is 7.92. The molecule has 0 amide bonds. The smallest absolute Gasteiger partial charge is 0.216 e. The van der Waals surface area contributed by atoms with E-state index in [4.69, 9.17) is 0 Å². The van der Waals surface area contributed by atoms with Gasteiger partial charge < -0.3 is 9.66 Å². The average Bonchev–Trinajstić information content (AvgIpc) is 2.40. The summed E-state index contributed by atoms with van der Waals surface area (Å²) in [6, 6.07) is 15.1. The average molecular weight is 260 g/mol. The van der Waals surface area contributed by atoms with Crippen molar-refractivity contribution in [3.05, 3.63) is 60.2 Å². The van der Waals surface area contributed by atoms with Crippen LogP contribution in [-0.4, -0.2) is 21.2 Å². The van der Waals surface area contributed by atoms with E-state index in [2.05, 4.69) is 0 Å². The van der Waals surface area contributed by atoms with Crippen LogP contribution in [0.5, 0.6) is 5.75 Å². The van der Waals surface area contributed by atoms with Gasteiger partial charge in [0, 0.05) is 0 Å². The third kappa shape index (κ3) is 2.91. The molecule has 1 atom stereocenters. The fourth-order valence-corrected chi connectivity index (χ4v) is 2.58. The van der Waals surface area contributed by atoms with Crippen molar-refractivity contribution < 1.29 is 14.5 Å². The van der Waals surface area contributed by atoms with E-state index in [1.165, 1.54) is 12.1 Å². The number of phenols is 1. The molecule has 0 bridgehead atoms. The maximum Gasteiger partial charge on any atom is 0.216 e. The van der Waals surface area contributed by atoms with E-state index in [-0.39, 0.29) is 22.8 Å². The first kappa shape index (κ1) is 12.7. The van der Waals surface area contributed by atoms with Crippen LogP contribution in [0.4, 0.5) is 0 Å². The van der Waals surface area contributed by atoms with E-state index >= 15 is 0 Å². The van der Waals surface area contributed by atoms with Crippen LogP contribution in [0.15, 0.2) is 59.5 Å². The molecule has 2 aromatic carbocycles. The van der Waals surface area contributed by atoms with Crippen LogP contribution in [0, 0.1) is 0 Å². The second kappa shape index (κ2) is 5.71. The Bertz CT molecular complexity index is 540. The van der Waals surface area contributed by atoms with Crippen molar-refractivity contribution in [3.63, 3.8) is 0 Å². The zero-order valence-electron chi connectivity index (χ0n) is 9.58. The summed E-state index contributed by atoms with van der Waals surface area (Å²) in [5.41, 5.74) is 0.210. The highest BCUT2D eigenvalue weighted by Crippen LogP contribution is 2.18. The summed E-state index contributed by atoms with van der Waals surface area (Å²) in [5.74, 6) is -0.524. The second-order valence-electron chi connectivity index (χ2n) is 3.74. The van der Waals surface area contributed by atoms with E-state index in [0.29, 0.717) is 4.90 Å². The lowest BCUT2D eigenvalue weighted by Gasteiger charge is -2.09. The van der Waals surface area contributed by atoms with Gasteiger partial charge >= 0.3 is 0 Å². The second-order valence-corrected chi connectivity index (χ2v) is 5.19. The first-order chi connectivity index (χ1) is 8.68. The summed E-state index contributed by atoms with van der Waals surface area (Å²) in [7, 11) is 0. The number of ketones is 1. The van der Waals surface area contributed by atoms with Gasteiger partial charge in [-0.15, -0.1) is 0 Å². The SMILES string of the molecule is O=C(C[S+]([O-])c1ccccc1)c1ccccc1O. The molecule has 0 spiro atoms. The number of Topliss-reactive ketones (excluding diaryl/α,β-unsaturated/α-hetero) is 1. The third-order valence-corrected chi connectivity index (χ3v) is 3.80. The van der Waals surface area contributed by atoms with Crippen molar-refractivity contribution in [3.8, 4) is 5.75 Å². The van der Waals surface area contributed by atoms with Crippen LogP contribution in [0.25, 0.3) is 0 Å². The Balaban J connectivity index is 2.11. The van der Waals surface area contributed by atoms with Crippen molar-refractivity contribution in [2.75, 3.05) is 5.75 Å². The molecule has 0 aliphatic carbocycles. The number of hydrogen-bond acceptors (Lipinski definition) is 3. The number of aromatic hydroxyl groups is 1. The predicted octanol–water partition coefficient (Wildman–Crippen LogP) is 2.38. The number of rotatable bonds is 4. The molecular weight excluding hydrogens is 248 g/mol. The van der Waals surface area contributed by atoms with E-state index in [0.717, 1.165) is 0 Å². The molecule has 0 aliphatic heterocycles. The number of hydrogen-bond donors (Lipinski definition) is 1. The molecule has 4 heteroatoms. The summed E-state index contributed by atoms with van der Waals surface area (Å²) in [5, 5.41) is 9.54. The number of para-hydroxylation sites is 1. The molecule has 0 saturated carbocycles. The number of benzene rings is 2. The number of carbonyl (C=O) groups is 1. The monoisotopic (exact) mass is 260 g/mol. The largest absolute Gasteiger partial charge is 0.611 e. The Labute approximate surface area is 108 Å². The lowest BCUT2D eigenvalue weighted by atomic mass is 10.1. The van der Waals surface area contributed by atoms with Gasteiger partial charge in [0.2, 0.25) is 5.78 Å². The van der Waals surface area contributed by atoms with Crippen molar-refractivity contribution in [2.24, 2.45) is 0 Å². The van der Waals surface area contributed by atoms with Crippen molar-refractivity contribution in [1.29, 1.82) is 0 Å². The molecule has 2 aromatic rings. The first-order valence-corrected chi connectivity index (χ1v) is 6.75. The minimum Gasteiger partial charge on any atom is -0.611 e. The molecule has 92 valence electrons. The predicted molar refractivity (Wildman–Crippen MR) is 70.2 cm³/mol. The summed E-state index contributed by atoms with van der Waals surface area (Å²) >= 11 is -1.38. The van der Waals surface area contributed by atoms with Gasteiger partial charge in [-0.2, -0.15) is 0 Å². The fourth-order valence-electron chi connectivity index (χ4n) is 1.56. The Morgan fingerprint density at radius 2 is 1.67 bits per heavy atom. The summed E-state index contributed by atoms with van der Waals surface area (Å²) < 4.78 is 11.9. The molecule has 1 N–H and O–H groups in total. The van der Waals surface area contributed by atoms with E-state index in [1.807, 2.05) is 6.07 Å². The van der Waals surface area contributed by atoms with Crippen LogP contribution in [0.2, 0.25) is 0 Å². The Morgan fingerprint density at radius 1 is 1.06 bits per heavy atom. The standard InChI is InChI=1S/C14H12O3S/c15-13-9-5-4-8-12(13)14(16)10-18(17)11-6-2-1-3-7-11/h1-9,15H,10H2. The molecule has 0 aliphatic rings. The molecule has 0 saturated heterocycles. The van der Waals surface area contributed by atoms with E-state index in [1.54, 1.807) is 36.4 Å². The fraction of sp³-hybridized carbons (Fsp3) is 0.0714. The molecular formula is C14H12O3S. The number of phenolic OH excluding ortho intramolecular Hbond substituents is 1. The summed E-state index contributed by atoms with van der Waals surface area (Å²) in [6.07, 6.45) is 0. The Hall–Kier alpha value is -1.78. The van der Waals surface area contributed by atoms with Gasteiger partial charge in [-0.05, 0) is 35.4 Å². The zero-order chi connectivity index (χ0) is 13.0. The molecule has 18 heavy (non-hydrogen) atoms. The van der Waals surface area contributed by atoms with Gasteiger partial charge in [-0.3, -0.25) is 4.79 Å². The number of carbonyl (C=O) groups excluding carboxylic acids is 1. The van der Waals surface area contributed by atoms with Gasteiger partial charge in [0.05, 0.1) is 5.56 Å². The van der Waals surface area contributed by atoms with Gasteiger partial charge in [-0.25, -0.2) is 0 Å². The van der Waals surface area contributed by atoms with Crippen LogP contribution >= 0.6 is 0 Å². The Kier molecular flexibility index (Phi) is 4.02. The molecule has 0 heterocycles. The minimum atomic E-state index is -1.38. The molecule has 2 rings (SSSR count). The maximum atomic E-state index is 11.9. The van der Waals surface area contributed by atoms with Gasteiger partial charge in [0.25, 0.3) is 0 Å². The normalized spacial score (nSPS) is 12.1. The van der Waals surface area contributed by atoms with Crippen molar-refractivity contribution >= 4 is 17.0 Å². The molecule has 0 aromatic heterocycles. The topological polar surface area (TPSA) is 60.4 Å². The third-order valence-electron chi connectivity index (χ3n) is 2.47. The first-order valence-electron chi connectivity index (χ1n) is 5.43. The highest BCUT2D eigenvalue weighted by Gasteiger charge is 2.19. The van der Waals surface area contributed by atoms with Crippen molar-refractivity contribution in [2.45, 2.75) is 4.90 Å². The lowest BCUT2D eigenvalue weighted by molar-refractivity contribution is 0.101. The maximum absolute atomic E-state index is 11.9.